The molecule has 2 rings (SSSR count). The number of rotatable bonds is 4. The highest BCUT2D eigenvalue weighted by Gasteiger charge is 2.42. The van der Waals surface area contributed by atoms with E-state index in [9.17, 15) is 8.78 Å². The summed E-state index contributed by atoms with van der Waals surface area (Å²) in [7, 11) is 0. The molecule has 2 N–H and O–H groups in total. The van der Waals surface area contributed by atoms with E-state index in [0.717, 1.165) is 12.1 Å². The van der Waals surface area contributed by atoms with Crippen molar-refractivity contribution in [2.75, 3.05) is 6.61 Å². The Morgan fingerprint density at radius 2 is 2.17 bits per heavy atom. The SMILES string of the molecule is CCOC1C(N)CC1Oc1c(F)cc(F)cc1Br. The first-order chi connectivity index (χ1) is 8.52. The topological polar surface area (TPSA) is 44.5 Å². The molecule has 0 spiro atoms. The molecule has 0 amide bonds. The lowest BCUT2D eigenvalue weighted by atomic mass is 9.86. The van der Waals surface area contributed by atoms with Crippen LogP contribution in [0.1, 0.15) is 13.3 Å². The van der Waals surface area contributed by atoms with E-state index in [1.165, 1.54) is 0 Å². The van der Waals surface area contributed by atoms with Crippen molar-refractivity contribution in [3.63, 3.8) is 0 Å². The lowest BCUT2D eigenvalue weighted by Crippen LogP contribution is -2.59. The zero-order chi connectivity index (χ0) is 13.3. The fourth-order valence-corrected chi connectivity index (χ4v) is 2.45. The molecule has 0 radical (unpaired) electrons. The van der Waals surface area contributed by atoms with Crippen molar-refractivity contribution in [1.82, 2.24) is 0 Å². The van der Waals surface area contributed by atoms with E-state index in [-0.39, 0.29) is 28.5 Å². The molecule has 0 aromatic heterocycles. The summed E-state index contributed by atoms with van der Waals surface area (Å²) >= 11 is 3.08. The summed E-state index contributed by atoms with van der Waals surface area (Å²) in [6.45, 7) is 2.38. The van der Waals surface area contributed by atoms with Crippen LogP contribution in [-0.2, 0) is 4.74 Å². The first kappa shape index (κ1) is 13.7. The Balaban J connectivity index is 2.10. The molecule has 1 aromatic carbocycles. The van der Waals surface area contributed by atoms with Gasteiger partial charge in [0.1, 0.15) is 18.0 Å². The Bertz CT molecular complexity index is 421. The predicted molar refractivity (Wildman–Crippen MR) is 66.5 cm³/mol. The van der Waals surface area contributed by atoms with Crippen LogP contribution < -0.4 is 10.5 Å². The largest absolute Gasteiger partial charge is 0.483 e. The molecule has 0 aliphatic heterocycles. The number of nitrogens with two attached hydrogens (primary N) is 1. The summed E-state index contributed by atoms with van der Waals surface area (Å²) in [4.78, 5) is 0. The third-order valence-corrected chi connectivity index (χ3v) is 3.47. The smallest absolute Gasteiger partial charge is 0.169 e. The van der Waals surface area contributed by atoms with Crippen molar-refractivity contribution in [3.8, 4) is 5.75 Å². The quantitative estimate of drug-likeness (QED) is 0.927. The molecule has 0 bridgehead atoms. The number of hydrogen-bond acceptors (Lipinski definition) is 3. The molecule has 1 saturated carbocycles. The fraction of sp³-hybridized carbons (Fsp3) is 0.500. The Morgan fingerprint density at radius 3 is 2.72 bits per heavy atom. The van der Waals surface area contributed by atoms with Gasteiger partial charge < -0.3 is 15.2 Å². The van der Waals surface area contributed by atoms with Crippen LogP contribution in [0.25, 0.3) is 0 Å². The van der Waals surface area contributed by atoms with Crippen LogP contribution >= 0.6 is 15.9 Å². The monoisotopic (exact) mass is 321 g/mol. The average molecular weight is 322 g/mol. The van der Waals surface area contributed by atoms with Gasteiger partial charge >= 0.3 is 0 Å². The molecule has 18 heavy (non-hydrogen) atoms. The van der Waals surface area contributed by atoms with Gasteiger partial charge in [-0.25, -0.2) is 8.78 Å². The Kier molecular flexibility index (Phi) is 4.19. The number of halogens is 3. The second-order valence-corrected chi connectivity index (χ2v) is 5.03. The molecule has 0 saturated heterocycles. The highest BCUT2D eigenvalue weighted by atomic mass is 79.9. The normalized spacial score (nSPS) is 26.8. The van der Waals surface area contributed by atoms with Gasteiger partial charge in [-0.3, -0.25) is 0 Å². The van der Waals surface area contributed by atoms with E-state index >= 15 is 0 Å². The van der Waals surface area contributed by atoms with Crippen molar-refractivity contribution in [1.29, 1.82) is 0 Å². The lowest BCUT2D eigenvalue weighted by Gasteiger charge is -2.41. The van der Waals surface area contributed by atoms with Crippen molar-refractivity contribution in [2.45, 2.75) is 31.6 Å². The van der Waals surface area contributed by atoms with E-state index in [4.69, 9.17) is 15.2 Å². The molecular weight excluding hydrogens is 308 g/mol. The first-order valence-corrected chi connectivity index (χ1v) is 6.50. The molecule has 0 heterocycles. The molecule has 1 fully saturated rings. The van der Waals surface area contributed by atoms with E-state index < -0.39 is 11.6 Å². The van der Waals surface area contributed by atoms with Crippen molar-refractivity contribution in [3.05, 3.63) is 28.2 Å². The average Bonchev–Trinajstić information content (AvgIpc) is 2.29. The zero-order valence-corrected chi connectivity index (χ0v) is 11.4. The van der Waals surface area contributed by atoms with Crippen LogP contribution in [-0.4, -0.2) is 24.9 Å². The highest BCUT2D eigenvalue weighted by molar-refractivity contribution is 9.10. The lowest BCUT2D eigenvalue weighted by molar-refractivity contribution is -0.0957. The molecule has 1 aliphatic carbocycles. The van der Waals surface area contributed by atoms with Crippen LogP contribution in [0.5, 0.6) is 5.75 Å². The number of benzene rings is 1. The highest BCUT2D eigenvalue weighted by Crippen LogP contribution is 2.34. The standard InChI is InChI=1S/C12H14BrF2NO2/c1-2-17-12-9(16)5-10(12)18-11-7(13)3-6(14)4-8(11)15/h3-4,9-10,12H,2,5,16H2,1H3. The maximum Gasteiger partial charge on any atom is 0.169 e. The minimum Gasteiger partial charge on any atom is -0.483 e. The van der Waals surface area contributed by atoms with Gasteiger partial charge in [-0.1, -0.05) is 0 Å². The van der Waals surface area contributed by atoms with Gasteiger partial charge in [0, 0.05) is 25.1 Å². The summed E-state index contributed by atoms with van der Waals surface area (Å²) in [5.41, 5.74) is 5.78. The van der Waals surface area contributed by atoms with Crippen LogP contribution in [0, 0.1) is 11.6 Å². The first-order valence-electron chi connectivity index (χ1n) is 5.71. The minimum atomic E-state index is -0.738. The third-order valence-electron chi connectivity index (χ3n) is 2.88. The van der Waals surface area contributed by atoms with Crippen LogP contribution in [0.15, 0.2) is 16.6 Å². The van der Waals surface area contributed by atoms with Gasteiger partial charge in [-0.05, 0) is 28.9 Å². The van der Waals surface area contributed by atoms with E-state index in [0.29, 0.717) is 13.0 Å². The second-order valence-electron chi connectivity index (χ2n) is 4.17. The summed E-state index contributed by atoms with van der Waals surface area (Å²) < 4.78 is 37.7. The van der Waals surface area contributed by atoms with Gasteiger partial charge in [0.05, 0.1) is 4.47 Å². The van der Waals surface area contributed by atoms with E-state index in [1.807, 2.05) is 6.92 Å². The molecule has 6 heteroatoms. The summed E-state index contributed by atoms with van der Waals surface area (Å²) in [5.74, 6) is -1.39. The summed E-state index contributed by atoms with van der Waals surface area (Å²) in [6.07, 6.45) is 0.0519. The molecule has 100 valence electrons. The van der Waals surface area contributed by atoms with E-state index in [2.05, 4.69) is 15.9 Å². The Morgan fingerprint density at radius 1 is 1.44 bits per heavy atom. The third kappa shape index (κ3) is 2.65. The molecule has 3 unspecified atom stereocenters. The van der Waals surface area contributed by atoms with Crippen molar-refractivity contribution < 1.29 is 18.3 Å². The Hall–Kier alpha value is -0.720. The Labute approximate surface area is 112 Å². The van der Waals surface area contributed by atoms with Gasteiger partial charge in [-0.2, -0.15) is 0 Å². The maximum atomic E-state index is 13.6. The van der Waals surface area contributed by atoms with Crippen LogP contribution in [0.2, 0.25) is 0 Å². The second kappa shape index (κ2) is 5.50. The molecule has 1 aliphatic rings. The van der Waals surface area contributed by atoms with Crippen LogP contribution in [0.4, 0.5) is 8.78 Å². The van der Waals surface area contributed by atoms with Crippen molar-refractivity contribution >= 4 is 15.9 Å². The number of hydrogen-bond donors (Lipinski definition) is 1. The van der Waals surface area contributed by atoms with Crippen LogP contribution in [0.3, 0.4) is 0 Å². The maximum absolute atomic E-state index is 13.6. The zero-order valence-electron chi connectivity index (χ0n) is 9.83. The molecular formula is C12H14BrF2NO2. The van der Waals surface area contributed by atoms with Gasteiger partial charge in [-0.15, -0.1) is 0 Å². The number of ether oxygens (including phenoxy) is 2. The van der Waals surface area contributed by atoms with E-state index in [1.54, 1.807) is 0 Å². The molecule has 3 atom stereocenters. The van der Waals surface area contributed by atoms with Crippen molar-refractivity contribution in [2.24, 2.45) is 5.73 Å². The minimum absolute atomic E-state index is 0.00185. The summed E-state index contributed by atoms with van der Waals surface area (Å²) in [5, 5.41) is 0. The van der Waals surface area contributed by atoms with Gasteiger partial charge in [0.25, 0.3) is 0 Å². The van der Waals surface area contributed by atoms with Gasteiger partial charge in [0.15, 0.2) is 11.6 Å². The fourth-order valence-electron chi connectivity index (χ4n) is 1.95. The molecule has 3 nitrogen and oxygen atoms in total. The predicted octanol–water partition coefficient (Wildman–Crippen LogP) is 2.61. The van der Waals surface area contributed by atoms with Gasteiger partial charge in [0.2, 0.25) is 0 Å². The summed E-state index contributed by atoms with van der Waals surface area (Å²) in [6, 6.07) is 1.85. The molecule has 1 aromatic rings.